The number of nitrogens with zero attached hydrogens (tertiary/aromatic N) is 1. The van der Waals surface area contributed by atoms with E-state index < -0.39 is 12.6 Å². The van der Waals surface area contributed by atoms with Crippen molar-refractivity contribution in [3.8, 4) is 0 Å². The van der Waals surface area contributed by atoms with Crippen molar-refractivity contribution in [2.45, 2.75) is 6.68 Å². The molecule has 0 amide bonds. The van der Waals surface area contributed by atoms with Gasteiger partial charge in [-0.2, -0.15) is 17.6 Å². The van der Waals surface area contributed by atoms with Gasteiger partial charge in [-0.25, -0.2) is 4.98 Å². The molecule has 0 aliphatic rings. The average Bonchev–Trinajstić information content (AvgIpc) is 1.87. The van der Waals surface area contributed by atoms with Gasteiger partial charge in [0, 0.05) is 6.20 Å². The van der Waals surface area contributed by atoms with Gasteiger partial charge < -0.3 is 0 Å². The van der Waals surface area contributed by atoms with Crippen molar-refractivity contribution in [3.63, 3.8) is 0 Å². The minimum atomic E-state index is -3.67. The lowest BCUT2D eigenvalue weighted by Crippen LogP contribution is -1.73. The second-order valence-electron chi connectivity index (χ2n) is 1.40. The van der Waals surface area contributed by atoms with Gasteiger partial charge in [-0.1, -0.05) is 6.07 Å². The molecule has 62 valence electrons. The van der Waals surface area contributed by atoms with E-state index in [0.717, 1.165) is 0 Å². The summed E-state index contributed by atoms with van der Waals surface area (Å²) in [5.41, 5.74) is 0. The molecule has 0 bridgehead atoms. The first-order valence-corrected chi connectivity index (χ1v) is 2.61. The van der Waals surface area contributed by atoms with Crippen molar-refractivity contribution in [1.82, 2.24) is 4.98 Å². The van der Waals surface area contributed by atoms with Gasteiger partial charge >= 0.3 is 6.68 Å². The Morgan fingerprint density at radius 3 is 1.91 bits per heavy atom. The summed E-state index contributed by atoms with van der Waals surface area (Å²) in [4.78, 5) is 3.31. The maximum atomic E-state index is 11.8. The number of hydrogen-bond acceptors (Lipinski definition) is 1. The van der Waals surface area contributed by atoms with E-state index in [-0.39, 0.29) is 0 Å². The van der Waals surface area contributed by atoms with Crippen molar-refractivity contribution in [2.24, 2.45) is 0 Å². The molecule has 0 saturated carbocycles. The van der Waals surface area contributed by atoms with E-state index in [4.69, 9.17) is 0 Å². The minimum absolute atomic E-state index is 0.428. The zero-order valence-electron chi connectivity index (χ0n) is 5.35. The predicted molar refractivity (Wildman–Crippen MR) is 31.3 cm³/mol. The Kier molecular flexibility index (Phi) is 5.06. The average molecular weight is 167 g/mol. The third kappa shape index (κ3) is 8.87. The van der Waals surface area contributed by atoms with E-state index in [1.807, 2.05) is 0 Å². The van der Waals surface area contributed by atoms with Crippen LogP contribution in [0.2, 0.25) is 0 Å². The van der Waals surface area contributed by atoms with Gasteiger partial charge in [-0.15, -0.1) is 0 Å². The summed E-state index contributed by atoms with van der Waals surface area (Å²) in [5, 5.41) is 0. The van der Waals surface area contributed by atoms with E-state index in [9.17, 15) is 17.6 Å². The van der Waals surface area contributed by atoms with Crippen molar-refractivity contribution < 1.29 is 17.6 Å². The SMILES string of the molecule is FC(F)F.Fc1ccccn1. The Morgan fingerprint density at radius 2 is 1.73 bits per heavy atom. The molecular formula is C6H5F4N. The first-order chi connectivity index (χ1) is 5.13. The maximum absolute atomic E-state index is 11.8. The fourth-order valence-corrected chi connectivity index (χ4v) is 0.342. The topological polar surface area (TPSA) is 12.9 Å². The summed E-state index contributed by atoms with van der Waals surface area (Å²) < 4.78 is 40.8. The lowest BCUT2D eigenvalue weighted by Gasteiger charge is -1.78. The minimum Gasteiger partial charge on any atom is -0.228 e. The number of halogens is 4. The molecule has 0 N–H and O–H groups in total. The van der Waals surface area contributed by atoms with Crippen LogP contribution in [0.1, 0.15) is 0 Å². The first-order valence-electron chi connectivity index (χ1n) is 2.61. The molecule has 0 spiro atoms. The molecule has 11 heavy (non-hydrogen) atoms. The molecule has 0 aromatic carbocycles. The lowest BCUT2D eigenvalue weighted by atomic mass is 10.5. The fourth-order valence-electron chi connectivity index (χ4n) is 0.342. The first kappa shape index (κ1) is 9.87. The third-order valence-electron chi connectivity index (χ3n) is 0.629. The molecule has 0 radical (unpaired) electrons. The van der Waals surface area contributed by atoms with Gasteiger partial charge in [0.1, 0.15) is 0 Å². The maximum Gasteiger partial charge on any atom is 0.379 e. The highest BCUT2D eigenvalue weighted by Crippen LogP contribution is 1.87. The van der Waals surface area contributed by atoms with Crippen LogP contribution in [0.15, 0.2) is 24.4 Å². The van der Waals surface area contributed by atoms with Crippen molar-refractivity contribution in [2.75, 3.05) is 0 Å². The number of rotatable bonds is 0. The van der Waals surface area contributed by atoms with Crippen LogP contribution in [0.25, 0.3) is 0 Å². The van der Waals surface area contributed by atoms with Crippen molar-refractivity contribution in [1.29, 1.82) is 0 Å². The van der Waals surface area contributed by atoms with E-state index in [1.54, 1.807) is 12.1 Å². The molecule has 1 aromatic rings. The highest BCUT2D eigenvalue weighted by molar-refractivity contribution is 4.90. The second kappa shape index (κ2) is 5.64. The van der Waals surface area contributed by atoms with Crippen LogP contribution in [0.4, 0.5) is 17.6 Å². The third-order valence-corrected chi connectivity index (χ3v) is 0.629. The van der Waals surface area contributed by atoms with Gasteiger partial charge in [0.25, 0.3) is 0 Å². The molecule has 1 heterocycles. The predicted octanol–water partition coefficient (Wildman–Crippen LogP) is 2.40. The molecule has 1 aromatic heterocycles. The molecular weight excluding hydrogens is 162 g/mol. The van der Waals surface area contributed by atoms with E-state index in [2.05, 4.69) is 4.98 Å². The van der Waals surface area contributed by atoms with Crippen LogP contribution < -0.4 is 0 Å². The highest BCUT2D eigenvalue weighted by Gasteiger charge is 1.86. The quantitative estimate of drug-likeness (QED) is 0.427. The van der Waals surface area contributed by atoms with Crippen LogP contribution in [-0.2, 0) is 0 Å². The van der Waals surface area contributed by atoms with E-state index >= 15 is 0 Å². The van der Waals surface area contributed by atoms with Crippen LogP contribution in [-0.4, -0.2) is 11.7 Å². The van der Waals surface area contributed by atoms with Gasteiger partial charge in [0.2, 0.25) is 5.95 Å². The fraction of sp³-hybridized carbons (Fsp3) is 0.167. The van der Waals surface area contributed by atoms with Crippen LogP contribution in [0.5, 0.6) is 0 Å². The monoisotopic (exact) mass is 167 g/mol. The number of alkyl halides is 3. The molecule has 0 aliphatic carbocycles. The van der Waals surface area contributed by atoms with Gasteiger partial charge in [-0.05, 0) is 12.1 Å². The van der Waals surface area contributed by atoms with Gasteiger partial charge in [0.15, 0.2) is 0 Å². The van der Waals surface area contributed by atoms with E-state index in [1.165, 1.54) is 12.3 Å². The molecule has 0 aliphatic heterocycles. The Labute approximate surface area is 60.7 Å². The molecule has 1 rings (SSSR count). The highest BCUT2D eigenvalue weighted by atomic mass is 19.4. The van der Waals surface area contributed by atoms with Crippen molar-refractivity contribution in [3.05, 3.63) is 30.3 Å². The summed E-state index contributed by atoms with van der Waals surface area (Å²) in [6.45, 7) is -3.67. The van der Waals surface area contributed by atoms with Crippen LogP contribution in [0, 0.1) is 5.95 Å². The summed E-state index contributed by atoms with van der Waals surface area (Å²) in [7, 11) is 0. The normalized spacial score (nSPS) is 8.82. The van der Waals surface area contributed by atoms with Crippen LogP contribution in [0.3, 0.4) is 0 Å². The Bertz CT molecular complexity index is 174. The standard InChI is InChI=1S/C5H4FN.CHF3/c6-5-3-1-2-4-7-5;2-1(3)4/h1-4H;1H. The summed E-state index contributed by atoms with van der Waals surface area (Å²) in [6, 6.07) is 4.57. The zero-order chi connectivity index (χ0) is 8.69. The Morgan fingerprint density at radius 1 is 1.18 bits per heavy atom. The molecule has 0 saturated heterocycles. The van der Waals surface area contributed by atoms with Gasteiger partial charge in [0.05, 0.1) is 0 Å². The zero-order valence-corrected chi connectivity index (χ0v) is 5.35. The molecule has 1 nitrogen and oxygen atoms in total. The molecule has 5 heteroatoms. The van der Waals surface area contributed by atoms with Crippen LogP contribution >= 0.6 is 0 Å². The largest absolute Gasteiger partial charge is 0.379 e. The number of aromatic nitrogens is 1. The summed E-state index contributed by atoms with van der Waals surface area (Å²) in [5.74, 6) is -0.428. The van der Waals surface area contributed by atoms with Gasteiger partial charge in [-0.3, -0.25) is 0 Å². The molecule has 0 fully saturated rings. The smallest absolute Gasteiger partial charge is 0.228 e. The molecule has 0 unspecified atom stereocenters. The van der Waals surface area contributed by atoms with Crippen molar-refractivity contribution >= 4 is 0 Å². The summed E-state index contributed by atoms with van der Waals surface area (Å²) in [6.07, 6.45) is 1.41. The lowest BCUT2D eigenvalue weighted by molar-refractivity contribution is 0.00819. The summed E-state index contributed by atoms with van der Waals surface area (Å²) >= 11 is 0. The van der Waals surface area contributed by atoms with E-state index in [0.29, 0.717) is 0 Å². The molecule has 0 atom stereocenters. The number of pyridine rings is 1. The Hall–Kier alpha value is -1.13. The number of hydrogen-bond donors (Lipinski definition) is 0. The Balaban J connectivity index is 0.000000218. The second-order valence-corrected chi connectivity index (χ2v) is 1.40.